The molecule has 1 N–H and O–H groups in total. The van der Waals surface area contributed by atoms with E-state index in [9.17, 15) is 4.79 Å². The van der Waals surface area contributed by atoms with E-state index < -0.39 is 0 Å². The summed E-state index contributed by atoms with van der Waals surface area (Å²) in [6.07, 6.45) is 3.37. The van der Waals surface area contributed by atoms with Crippen LogP contribution in [0.4, 0.5) is 0 Å². The van der Waals surface area contributed by atoms with Crippen molar-refractivity contribution in [1.82, 2.24) is 10.3 Å². The Bertz CT molecular complexity index is 187. The monoisotopic (exact) mass is 168 g/mol. The van der Waals surface area contributed by atoms with Gasteiger partial charge in [0.25, 0.3) is 5.91 Å². The van der Waals surface area contributed by atoms with E-state index in [0.29, 0.717) is 6.42 Å². The van der Waals surface area contributed by atoms with Crippen molar-refractivity contribution in [2.75, 3.05) is 13.1 Å². The Balaban J connectivity index is 2.59. The van der Waals surface area contributed by atoms with Gasteiger partial charge in [-0.15, -0.1) is 0 Å². The van der Waals surface area contributed by atoms with Gasteiger partial charge < -0.3 is 0 Å². The Morgan fingerprint density at radius 3 is 2.83 bits per heavy atom. The van der Waals surface area contributed by atoms with Crippen molar-refractivity contribution in [3.05, 3.63) is 0 Å². The Kier molecular flexibility index (Phi) is 3.22. The lowest BCUT2D eigenvalue weighted by Gasteiger charge is -2.28. The zero-order valence-corrected chi connectivity index (χ0v) is 7.50. The molecular weight excluding hydrogens is 154 g/mol. The van der Waals surface area contributed by atoms with Gasteiger partial charge in [-0.2, -0.15) is 5.10 Å². The average Bonchev–Trinajstić information content (AvgIpc) is 2.10. The molecule has 12 heavy (non-hydrogen) atoms. The number of carbonyl (C=O) groups excluding carboxylic acids is 1. The molecule has 4 nitrogen and oxygen atoms in total. The van der Waals surface area contributed by atoms with Crippen LogP contribution in [0, 0.1) is 0 Å². The molecule has 67 valence electrons. The number of amides is 1. The van der Waals surface area contributed by atoms with Gasteiger partial charge in [-0.1, -0.05) is 13.8 Å². The molecule has 1 aliphatic rings. The van der Waals surface area contributed by atoms with Crippen molar-refractivity contribution in [3.63, 3.8) is 0 Å². The van der Waals surface area contributed by atoms with Crippen LogP contribution >= 0.6 is 0 Å². The topological polar surface area (TPSA) is 44.7 Å². The van der Waals surface area contributed by atoms with Crippen molar-refractivity contribution < 1.29 is 4.79 Å². The lowest BCUT2D eigenvalue weighted by molar-refractivity contribution is -0.126. The van der Waals surface area contributed by atoms with Crippen molar-refractivity contribution in [2.24, 2.45) is 5.10 Å². The minimum Gasteiger partial charge on any atom is -0.292 e. The summed E-state index contributed by atoms with van der Waals surface area (Å²) in [6, 6.07) is -0.0718. The smallest absolute Gasteiger partial charge is 0.257 e. The SMILES string of the molecule is CCN(CC)C1C[C]=NNC1=O. The lowest BCUT2D eigenvalue weighted by Crippen LogP contribution is -2.47. The lowest BCUT2D eigenvalue weighted by atomic mass is 10.1. The first kappa shape index (κ1) is 9.19. The molecule has 4 heteroatoms. The predicted octanol–water partition coefficient (Wildman–Crippen LogP) is 0.0795. The number of nitrogens with one attached hydrogen (secondary N) is 1. The Hall–Kier alpha value is -0.900. The highest BCUT2D eigenvalue weighted by Crippen LogP contribution is 2.05. The first-order chi connectivity index (χ1) is 5.79. The van der Waals surface area contributed by atoms with Crippen LogP contribution in [-0.2, 0) is 4.79 Å². The molecular formula is C8H14N3O. The van der Waals surface area contributed by atoms with Crippen LogP contribution in [-0.4, -0.2) is 36.2 Å². The van der Waals surface area contributed by atoms with Crippen LogP contribution < -0.4 is 5.43 Å². The third-order valence-corrected chi connectivity index (χ3v) is 2.09. The van der Waals surface area contributed by atoms with Gasteiger partial charge in [-0.05, 0) is 13.1 Å². The molecule has 0 aliphatic carbocycles. The second-order valence-electron chi connectivity index (χ2n) is 2.69. The van der Waals surface area contributed by atoms with Crippen molar-refractivity contribution >= 4 is 12.1 Å². The quantitative estimate of drug-likeness (QED) is 0.648. The van der Waals surface area contributed by atoms with Gasteiger partial charge in [0.05, 0.1) is 12.3 Å². The highest BCUT2D eigenvalue weighted by atomic mass is 16.2. The van der Waals surface area contributed by atoms with E-state index in [2.05, 4.69) is 21.6 Å². The fourth-order valence-corrected chi connectivity index (χ4v) is 1.35. The Labute approximate surface area is 72.6 Å². The van der Waals surface area contributed by atoms with Gasteiger partial charge in [0.15, 0.2) is 0 Å². The number of hydrogen-bond acceptors (Lipinski definition) is 3. The molecule has 0 saturated carbocycles. The fraction of sp³-hybridized carbons (Fsp3) is 0.750. The Morgan fingerprint density at radius 1 is 1.67 bits per heavy atom. The summed E-state index contributed by atoms with van der Waals surface area (Å²) in [6.45, 7) is 5.86. The second kappa shape index (κ2) is 4.21. The largest absolute Gasteiger partial charge is 0.292 e. The minimum atomic E-state index is -0.0718. The summed E-state index contributed by atoms with van der Waals surface area (Å²) in [4.78, 5) is 13.4. The number of hydrogen-bond donors (Lipinski definition) is 1. The zero-order chi connectivity index (χ0) is 8.97. The average molecular weight is 168 g/mol. The van der Waals surface area contributed by atoms with E-state index in [1.54, 1.807) is 0 Å². The fourth-order valence-electron chi connectivity index (χ4n) is 1.35. The summed E-state index contributed by atoms with van der Waals surface area (Å²) in [5, 5.41) is 3.58. The third kappa shape index (κ3) is 1.82. The third-order valence-electron chi connectivity index (χ3n) is 2.09. The first-order valence-corrected chi connectivity index (χ1v) is 4.26. The van der Waals surface area contributed by atoms with Gasteiger partial charge in [0, 0.05) is 6.42 Å². The molecule has 1 amide bonds. The van der Waals surface area contributed by atoms with Gasteiger partial charge in [0.2, 0.25) is 0 Å². The normalized spacial score (nSPS) is 22.9. The maximum absolute atomic E-state index is 11.3. The second-order valence-corrected chi connectivity index (χ2v) is 2.69. The van der Waals surface area contributed by atoms with Crippen molar-refractivity contribution in [3.8, 4) is 0 Å². The number of hydrazone groups is 1. The van der Waals surface area contributed by atoms with Crippen LogP contribution in [0.25, 0.3) is 0 Å². The molecule has 1 unspecified atom stereocenters. The van der Waals surface area contributed by atoms with E-state index in [1.807, 2.05) is 13.8 Å². The van der Waals surface area contributed by atoms with Gasteiger partial charge >= 0.3 is 0 Å². The summed E-state index contributed by atoms with van der Waals surface area (Å²) < 4.78 is 0. The highest BCUT2D eigenvalue weighted by molar-refractivity contribution is 5.87. The summed E-state index contributed by atoms with van der Waals surface area (Å²) >= 11 is 0. The van der Waals surface area contributed by atoms with Crippen LogP contribution in [0.3, 0.4) is 0 Å². The highest BCUT2D eigenvalue weighted by Gasteiger charge is 2.24. The van der Waals surface area contributed by atoms with E-state index >= 15 is 0 Å². The number of nitrogens with zero attached hydrogens (tertiary/aromatic N) is 2. The zero-order valence-electron chi connectivity index (χ0n) is 7.50. The molecule has 1 radical (unpaired) electrons. The molecule has 0 fully saturated rings. The minimum absolute atomic E-state index is 0.0162. The molecule has 0 spiro atoms. The summed E-state index contributed by atoms with van der Waals surface area (Å²) in [7, 11) is 0. The van der Waals surface area contributed by atoms with Gasteiger partial charge in [0.1, 0.15) is 0 Å². The summed E-state index contributed by atoms with van der Waals surface area (Å²) in [5.74, 6) is -0.0162. The van der Waals surface area contributed by atoms with Gasteiger partial charge in [-0.25, -0.2) is 5.43 Å². The number of carbonyl (C=O) groups is 1. The molecule has 1 heterocycles. The molecule has 0 bridgehead atoms. The van der Waals surface area contributed by atoms with Crippen LogP contribution in [0.2, 0.25) is 0 Å². The predicted molar refractivity (Wildman–Crippen MR) is 46.9 cm³/mol. The van der Waals surface area contributed by atoms with Crippen molar-refractivity contribution in [2.45, 2.75) is 26.3 Å². The van der Waals surface area contributed by atoms with E-state index in [-0.39, 0.29) is 11.9 Å². The van der Waals surface area contributed by atoms with E-state index in [4.69, 9.17) is 0 Å². The molecule has 1 rings (SSSR count). The summed E-state index contributed by atoms with van der Waals surface area (Å²) in [5.41, 5.74) is 2.41. The molecule has 1 atom stereocenters. The van der Waals surface area contributed by atoms with Crippen molar-refractivity contribution in [1.29, 1.82) is 0 Å². The molecule has 0 aromatic heterocycles. The van der Waals surface area contributed by atoms with Crippen LogP contribution in [0.5, 0.6) is 0 Å². The molecule has 1 aliphatic heterocycles. The molecule has 0 saturated heterocycles. The van der Waals surface area contributed by atoms with Crippen LogP contribution in [0.15, 0.2) is 5.10 Å². The van der Waals surface area contributed by atoms with E-state index in [1.165, 1.54) is 0 Å². The first-order valence-electron chi connectivity index (χ1n) is 4.26. The van der Waals surface area contributed by atoms with Gasteiger partial charge in [-0.3, -0.25) is 9.69 Å². The maximum atomic E-state index is 11.3. The maximum Gasteiger partial charge on any atom is 0.257 e. The Morgan fingerprint density at radius 2 is 2.33 bits per heavy atom. The molecule has 0 aromatic carbocycles. The van der Waals surface area contributed by atoms with E-state index in [0.717, 1.165) is 13.1 Å². The van der Waals surface area contributed by atoms with Crippen LogP contribution in [0.1, 0.15) is 20.3 Å². The number of likely N-dealkylation sites (N-methyl/N-ethyl adjacent to an activating group) is 1. The molecule has 0 aromatic rings. The standard InChI is InChI=1S/C8H14N3O/c1-3-11(4-2)7-5-6-9-10-8(7)12/h7H,3-5H2,1-2H3,(H,10,12). The number of rotatable bonds is 3.